The molecule has 1 rings (SSSR count). The first-order valence-corrected chi connectivity index (χ1v) is 3.71. The summed E-state index contributed by atoms with van der Waals surface area (Å²) in [6.45, 7) is 2.09. The highest BCUT2D eigenvalue weighted by Gasteiger charge is 1.99. The average molecular weight is 189 g/mol. The van der Waals surface area contributed by atoms with Crippen molar-refractivity contribution >= 4 is 15.9 Å². The van der Waals surface area contributed by atoms with Crippen LogP contribution in [0.4, 0.5) is 0 Å². The van der Waals surface area contributed by atoms with Crippen LogP contribution in [0.25, 0.3) is 0 Å². The molecule has 0 aliphatic carbocycles. The molecule has 9 heavy (non-hydrogen) atoms. The van der Waals surface area contributed by atoms with Crippen LogP contribution in [-0.4, -0.2) is 9.78 Å². The zero-order chi connectivity index (χ0) is 6.85. The molecule has 3 heteroatoms. The topological polar surface area (TPSA) is 17.8 Å². The Balaban J connectivity index is 3.01. The van der Waals surface area contributed by atoms with Crippen LogP contribution in [0, 0.1) is 0 Å². The zero-order valence-corrected chi connectivity index (χ0v) is 7.14. The number of hydrogen-bond donors (Lipinski definition) is 0. The van der Waals surface area contributed by atoms with Crippen molar-refractivity contribution in [2.24, 2.45) is 7.05 Å². The van der Waals surface area contributed by atoms with Gasteiger partial charge in [-0.3, -0.25) is 4.68 Å². The molecule has 0 spiro atoms. The number of halogens is 1. The van der Waals surface area contributed by atoms with E-state index in [1.807, 2.05) is 17.9 Å². The summed E-state index contributed by atoms with van der Waals surface area (Å²) in [5.74, 6) is 0. The Morgan fingerprint density at radius 2 is 2.44 bits per heavy atom. The Bertz CT molecular complexity index is 205. The predicted octanol–water partition coefficient (Wildman–Crippen LogP) is 1.75. The van der Waals surface area contributed by atoms with Gasteiger partial charge in [-0.1, -0.05) is 6.92 Å². The summed E-state index contributed by atoms with van der Waals surface area (Å²) < 4.78 is 2.91. The van der Waals surface area contributed by atoms with Crippen molar-refractivity contribution in [1.29, 1.82) is 0 Å². The molecule has 0 bridgehead atoms. The summed E-state index contributed by atoms with van der Waals surface area (Å²) in [5.41, 5.74) is 1.12. The summed E-state index contributed by atoms with van der Waals surface area (Å²) in [6, 6.07) is 0. The second-order valence-electron chi connectivity index (χ2n) is 1.95. The monoisotopic (exact) mass is 188 g/mol. The number of nitrogens with zero attached hydrogens (tertiary/aromatic N) is 2. The molecule has 0 atom stereocenters. The third kappa shape index (κ3) is 1.33. The van der Waals surface area contributed by atoms with Gasteiger partial charge >= 0.3 is 0 Å². The van der Waals surface area contributed by atoms with Gasteiger partial charge in [-0.2, -0.15) is 5.10 Å². The fourth-order valence-corrected chi connectivity index (χ4v) is 1.40. The number of rotatable bonds is 1. The SMILES string of the molecule is CCc1nn(C)cc1Br. The fraction of sp³-hybridized carbons (Fsp3) is 0.500. The van der Waals surface area contributed by atoms with Gasteiger partial charge in [0, 0.05) is 13.2 Å². The van der Waals surface area contributed by atoms with Gasteiger partial charge in [0.05, 0.1) is 10.2 Å². The molecule has 0 saturated carbocycles. The normalized spacial score (nSPS) is 10.1. The molecule has 1 aromatic heterocycles. The molecule has 0 amide bonds. The maximum atomic E-state index is 4.20. The molecule has 0 aromatic carbocycles. The Labute approximate surface area is 63.0 Å². The van der Waals surface area contributed by atoms with Crippen molar-refractivity contribution in [3.05, 3.63) is 16.4 Å². The van der Waals surface area contributed by atoms with Crippen LogP contribution in [-0.2, 0) is 13.5 Å². The molecule has 0 radical (unpaired) electrons. The van der Waals surface area contributed by atoms with E-state index in [0.717, 1.165) is 16.6 Å². The summed E-state index contributed by atoms with van der Waals surface area (Å²) in [7, 11) is 1.92. The van der Waals surface area contributed by atoms with E-state index in [9.17, 15) is 0 Å². The summed E-state index contributed by atoms with van der Waals surface area (Å²) >= 11 is 3.39. The minimum atomic E-state index is 0.988. The van der Waals surface area contributed by atoms with E-state index in [1.165, 1.54) is 0 Å². The molecule has 0 fully saturated rings. The van der Waals surface area contributed by atoms with Crippen LogP contribution in [0.5, 0.6) is 0 Å². The molecule has 0 saturated heterocycles. The van der Waals surface area contributed by atoms with E-state index in [0.29, 0.717) is 0 Å². The van der Waals surface area contributed by atoms with Crippen LogP contribution in [0.1, 0.15) is 12.6 Å². The van der Waals surface area contributed by atoms with E-state index in [4.69, 9.17) is 0 Å². The van der Waals surface area contributed by atoms with Crippen LogP contribution < -0.4 is 0 Å². The molecule has 0 N–H and O–H groups in total. The second kappa shape index (κ2) is 2.52. The number of aromatic nitrogens is 2. The van der Waals surface area contributed by atoms with Crippen molar-refractivity contribution in [3.63, 3.8) is 0 Å². The van der Waals surface area contributed by atoms with Crippen molar-refractivity contribution in [2.75, 3.05) is 0 Å². The number of hydrogen-bond acceptors (Lipinski definition) is 1. The van der Waals surface area contributed by atoms with Crippen molar-refractivity contribution in [1.82, 2.24) is 9.78 Å². The molecule has 50 valence electrons. The Morgan fingerprint density at radius 3 is 2.67 bits per heavy atom. The van der Waals surface area contributed by atoms with Crippen LogP contribution in [0.2, 0.25) is 0 Å². The second-order valence-corrected chi connectivity index (χ2v) is 2.81. The van der Waals surface area contributed by atoms with Gasteiger partial charge in [0.2, 0.25) is 0 Å². The lowest BCUT2D eigenvalue weighted by Crippen LogP contribution is -1.88. The summed E-state index contributed by atoms with van der Waals surface area (Å²) in [6.07, 6.45) is 2.94. The third-order valence-electron chi connectivity index (χ3n) is 1.19. The molecular formula is C6H9BrN2. The van der Waals surface area contributed by atoms with E-state index < -0.39 is 0 Å². The van der Waals surface area contributed by atoms with Gasteiger partial charge in [-0.25, -0.2) is 0 Å². The number of aryl methyl sites for hydroxylation is 2. The van der Waals surface area contributed by atoms with Crippen molar-refractivity contribution in [2.45, 2.75) is 13.3 Å². The highest BCUT2D eigenvalue weighted by molar-refractivity contribution is 9.10. The summed E-state index contributed by atoms with van der Waals surface area (Å²) in [4.78, 5) is 0. The zero-order valence-electron chi connectivity index (χ0n) is 5.56. The predicted molar refractivity (Wildman–Crippen MR) is 40.3 cm³/mol. The van der Waals surface area contributed by atoms with Gasteiger partial charge < -0.3 is 0 Å². The Morgan fingerprint density at radius 1 is 1.78 bits per heavy atom. The minimum absolute atomic E-state index is 0.988. The molecular weight excluding hydrogens is 180 g/mol. The highest BCUT2D eigenvalue weighted by atomic mass is 79.9. The van der Waals surface area contributed by atoms with Crippen LogP contribution in [0.3, 0.4) is 0 Å². The van der Waals surface area contributed by atoms with E-state index >= 15 is 0 Å². The standard InChI is InChI=1S/C6H9BrN2/c1-3-6-5(7)4-9(2)8-6/h4H,3H2,1-2H3. The Kier molecular flexibility index (Phi) is 1.90. The molecule has 0 aliphatic rings. The molecule has 0 aliphatic heterocycles. The smallest absolute Gasteiger partial charge is 0.0763 e. The lowest BCUT2D eigenvalue weighted by Gasteiger charge is -1.85. The van der Waals surface area contributed by atoms with Crippen molar-refractivity contribution in [3.8, 4) is 0 Å². The first-order chi connectivity index (χ1) is 4.24. The molecule has 1 aromatic rings. The largest absolute Gasteiger partial charge is 0.274 e. The molecule has 1 heterocycles. The highest BCUT2D eigenvalue weighted by Crippen LogP contribution is 2.13. The van der Waals surface area contributed by atoms with Gasteiger partial charge in [-0.05, 0) is 22.4 Å². The van der Waals surface area contributed by atoms with E-state index in [2.05, 4.69) is 28.0 Å². The molecule has 2 nitrogen and oxygen atoms in total. The summed E-state index contributed by atoms with van der Waals surface area (Å²) in [5, 5.41) is 4.20. The van der Waals surface area contributed by atoms with Gasteiger partial charge in [-0.15, -0.1) is 0 Å². The van der Waals surface area contributed by atoms with Gasteiger partial charge in [0.15, 0.2) is 0 Å². The van der Waals surface area contributed by atoms with Crippen LogP contribution >= 0.6 is 15.9 Å². The first-order valence-electron chi connectivity index (χ1n) is 2.92. The third-order valence-corrected chi connectivity index (χ3v) is 1.85. The van der Waals surface area contributed by atoms with Crippen LogP contribution in [0.15, 0.2) is 10.7 Å². The minimum Gasteiger partial charge on any atom is -0.274 e. The molecule has 0 unspecified atom stereocenters. The quantitative estimate of drug-likeness (QED) is 0.657. The van der Waals surface area contributed by atoms with Gasteiger partial charge in [0.25, 0.3) is 0 Å². The maximum absolute atomic E-state index is 4.20. The first kappa shape index (κ1) is 6.81. The maximum Gasteiger partial charge on any atom is 0.0763 e. The lowest BCUT2D eigenvalue weighted by atomic mass is 10.3. The van der Waals surface area contributed by atoms with E-state index in [1.54, 1.807) is 0 Å². The van der Waals surface area contributed by atoms with E-state index in [-0.39, 0.29) is 0 Å². The van der Waals surface area contributed by atoms with Gasteiger partial charge in [0.1, 0.15) is 0 Å². The van der Waals surface area contributed by atoms with Crippen molar-refractivity contribution < 1.29 is 0 Å². The lowest BCUT2D eigenvalue weighted by molar-refractivity contribution is 0.746. The average Bonchev–Trinajstić information content (AvgIpc) is 2.10. The Hall–Kier alpha value is -0.310. The fourth-order valence-electron chi connectivity index (χ4n) is 0.745.